The van der Waals surface area contributed by atoms with Gasteiger partial charge in [0.2, 0.25) is 0 Å². The molecular weight excluding hydrogens is 699 g/mol. The van der Waals surface area contributed by atoms with Crippen molar-refractivity contribution in [2.45, 2.75) is 335 Å². The molecule has 0 spiro atoms. The summed E-state index contributed by atoms with van der Waals surface area (Å²) in [6.45, 7) is 6.96. The van der Waals surface area contributed by atoms with Crippen molar-refractivity contribution in [3.05, 3.63) is 30.6 Å². The smallest absolute Gasteiger partial charge is 0.169 e. The Kier molecular flexibility index (Phi) is 43.4. The summed E-state index contributed by atoms with van der Waals surface area (Å²) in [4.78, 5) is 0. The van der Waals surface area contributed by atoms with Gasteiger partial charge in [0.15, 0.2) is 17.9 Å². The Morgan fingerprint density at radius 2 is 0.397 bits per heavy atom. The molecule has 0 aliphatic heterocycles. The molecule has 1 aromatic rings. The lowest BCUT2D eigenvalue weighted by Gasteiger charge is -2.29. The van der Waals surface area contributed by atoms with Gasteiger partial charge < -0.3 is 0 Å². The van der Waals surface area contributed by atoms with Crippen molar-refractivity contribution in [1.29, 1.82) is 0 Å². The molecule has 342 valence electrons. The van der Waals surface area contributed by atoms with Crippen LogP contribution in [0.4, 0.5) is 0 Å². The quantitative estimate of drug-likeness (QED) is 0.0456. The fourth-order valence-corrected chi connectivity index (χ4v) is 9.95. The van der Waals surface area contributed by atoms with Gasteiger partial charge in [-0.15, -0.1) is 0 Å². The van der Waals surface area contributed by atoms with Gasteiger partial charge in [0.25, 0.3) is 0 Å². The van der Waals surface area contributed by atoms with Crippen molar-refractivity contribution in [2.24, 2.45) is 0 Å². The summed E-state index contributed by atoms with van der Waals surface area (Å²) in [5, 5.41) is 0. The summed E-state index contributed by atoms with van der Waals surface area (Å²) < 4.78 is 2.70. The van der Waals surface area contributed by atoms with E-state index in [-0.39, 0.29) is 0 Å². The van der Waals surface area contributed by atoms with E-state index >= 15 is 0 Å². The number of hydrogen-bond acceptors (Lipinski definition) is 0. The van der Waals surface area contributed by atoms with Crippen molar-refractivity contribution in [1.82, 2.24) is 0 Å². The van der Waals surface area contributed by atoms with Crippen LogP contribution in [0.25, 0.3) is 0 Å². The molecule has 0 aliphatic rings. The molecule has 0 N–H and O–H groups in total. The van der Waals surface area contributed by atoms with Gasteiger partial charge in [0, 0.05) is 31.4 Å². The minimum Gasteiger partial charge on any atom is -0.200 e. The second-order valence-electron chi connectivity index (χ2n) is 19.6. The lowest BCUT2D eigenvalue weighted by Crippen LogP contribution is -2.55. The van der Waals surface area contributed by atoms with Gasteiger partial charge in [-0.2, -0.15) is 4.57 Å². The number of nitrogens with zero attached hydrogens (tertiary/aromatic N) is 1. The Morgan fingerprint density at radius 3 is 0.586 bits per heavy atom. The number of unbranched alkanes of at least 4 members (excludes halogenated alkanes) is 42. The van der Waals surface area contributed by atoms with Crippen LogP contribution in [0.2, 0.25) is 0 Å². The Labute approximate surface area is 368 Å². The van der Waals surface area contributed by atoms with Crippen LogP contribution in [-0.2, 0) is 5.54 Å². The molecule has 0 unspecified atom stereocenters. The maximum Gasteiger partial charge on any atom is 0.169 e. The van der Waals surface area contributed by atoms with Crippen molar-refractivity contribution >= 4 is 0 Å². The molecule has 0 atom stereocenters. The molecule has 0 bridgehead atoms. The summed E-state index contributed by atoms with van der Waals surface area (Å²) in [6, 6.07) is 6.84. The van der Waals surface area contributed by atoms with E-state index in [1.807, 2.05) is 0 Å². The topological polar surface area (TPSA) is 3.88 Å². The number of pyridine rings is 1. The van der Waals surface area contributed by atoms with Crippen LogP contribution in [-0.4, -0.2) is 0 Å². The average molecular weight is 810 g/mol. The van der Waals surface area contributed by atoms with Gasteiger partial charge in [-0.25, -0.2) is 0 Å². The third kappa shape index (κ3) is 35.9. The number of rotatable bonds is 49. The maximum absolute atomic E-state index is 2.70. The summed E-state index contributed by atoms with van der Waals surface area (Å²) in [5.74, 6) is 0. The Hall–Kier alpha value is -0.850. The molecule has 1 rings (SSSR count). The normalized spacial score (nSPS) is 11.9. The molecule has 0 fully saturated rings. The van der Waals surface area contributed by atoms with Crippen LogP contribution in [0.3, 0.4) is 0 Å². The van der Waals surface area contributed by atoms with Crippen LogP contribution < -0.4 is 4.57 Å². The highest BCUT2D eigenvalue weighted by Gasteiger charge is 2.37. The Morgan fingerprint density at radius 1 is 0.224 bits per heavy atom. The Balaban J connectivity index is 2.44. The fourth-order valence-electron chi connectivity index (χ4n) is 9.95. The van der Waals surface area contributed by atoms with Crippen LogP contribution in [0.1, 0.15) is 329 Å². The van der Waals surface area contributed by atoms with E-state index in [4.69, 9.17) is 0 Å². The summed E-state index contributed by atoms with van der Waals surface area (Å²) in [5.41, 5.74) is 0.324. The van der Waals surface area contributed by atoms with E-state index in [1.165, 1.54) is 308 Å². The van der Waals surface area contributed by atoms with E-state index in [0.717, 1.165) is 0 Å². The van der Waals surface area contributed by atoms with Gasteiger partial charge >= 0.3 is 0 Å². The Bertz CT molecular complexity index is 793. The van der Waals surface area contributed by atoms with Crippen LogP contribution in [0, 0.1) is 0 Å². The third-order valence-electron chi connectivity index (χ3n) is 14.0. The van der Waals surface area contributed by atoms with Crippen LogP contribution >= 0.6 is 0 Å². The number of hydrogen-bond donors (Lipinski definition) is 0. The fraction of sp³-hybridized carbons (Fsp3) is 0.912. The van der Waals surface area contributed by atoms with Crippen LogP contribution in [0.15, 0.2) is 30.6 Å². The lowest BCUT2D eigenvalue weighted by atomic mass is 9.81. The van der Waals surface area contributed by atoms with Crippen molar-refractivity contribution < 1.29 is 4.57 Å². The largest absolute Gasteiger partial charge is 0.200 e. The second kappa shape index (κ2) is 45.7. The molecule has 1 heteroatoms. The molecule has 0 saturated heterocycles. The molecule has 1 nitrogen and oxygen atoms in total. The van der Waals surface area contributed by atoms with Gasteiger partial charge in [0.05, 0.1) is 0 Å². The second-order valence-corrected chi connectivity index (χ2v) is 19.6. The lowest BCUT2D eigenvalue weighted by molar-refractivity contribution is -0.768. The molecule has 0 amide bonds. The molecule has 0 aromatic carbocycles. The summed E-state index contributed by atoms with van der Waals surface area (Å²) >= 11 is 0. The van der Waals surface area contributed by atoms with E-state index < -0.39 is 0 Å². The van der Waals surface area contributed by atoms with Gasteiger partial charge in [0.1, 0.15) is 0 Å². The first-order valence-electron chi connectivity index (χ1n) is 27.8. The first-order chi connectivity index (χ1) is 28.8. The summed E-state index contributed by atoms with van der Waals surface area (Å²) in [7, 11) is 0. The standard InChI is InChI=1S/C57H110N/c1-4-7-10-13-16-19-22-25-28-31-34-37-40-43-47-52-57(58-55-50-46-51-56-58,53-48-44-41-38-35-32-29-26-23-20-17-14-11-8-5-2)54-49-45-42-39-36-33-30-27-24-21-18-15-12-9-6-3/h46,50-51,55-56H,4-45,47-49,52-54H2,1-3H3/q+1. The highest BCUT2D eigenvalue weighted by Crippen LogP contribution is 2.32. The third-order valence-corrected chi connectivity index (χ3v) is 14.0. The zero-order valence-electron chi connectivity index (χ0n) is 40.8. The first kappa shape index (κ1) is 55.2. The zero-order chi connectivity index (χ0) is 41.6. The summed E-state index contributed by atoms with van der Waals surface area (Å²) in [6.07, 6.45) is 74.4. The van der Waals surface area contributed by atoms with Crippen molar-refractivity contribution in [3.63, 3.8) is 0 Å². The highest BCUT2D eigenvalue weighted by molar-refractivity contribution is 4.86. The highest BCUT2D eigenvalue weighted by atomic mass is 15.0. The van der Waals surface area contributed by atoms with Crippen LogP contribution in [0.5, 0.6) is 0 Å². The zero-order valence-corrected chi connectivity index (χ0v) is 40.8. The van der Waals surface area contributed by atoms with Gasteiger partial charge in [-0.3, -0.25) is 0 Å². The average Bonchev–Trinajstić information content (AvgIpc) is 3.25. The van der Waals surface area contributed by atoms with Crippen molar-refractivity contribution in [3.8, 4) is 0 Å². The van der Waals surface area contributed by atoms with Gasteiger partial charge in [-0.1, -0.05) is 297 Å². The predicted octanol–water partition coefficient (Wildman–Crippen LogP) is 20.5. The molecular formula is C57H110N+. The minimum absolute atomic E-state index is 0.324. The molecule has 0 saturated carbocycles. The minimum atomic E-state index is 0.324. The molecule has 0 radical (unpaired) electrons. The first-order valence-corrected chi connectivity index (χ1v) is 27.8. The molecule has 58 heavy (non-hydrogen) atoms. The van der Waals surface area contributed by atoms with E-state index in [9.17, 15) is 0 Å². The van der Waals surface area contributed by atoms with E-state index in [2.05, 4.69) is 55.9 Å². The molecule has 0 aliphatic carbocycles. The maximum atomic E-state index is 2.70. The predicted molar refractivity (Wildman–Crippen MR) is 263 cm³/mol. The molecule has 1 heterocycles. The van der Waals surface area contributed by atoms with E-state index in [1.54, 1.807) is 0 Å². The molecule has 1 aromatic heterocycles. The van der Waals surface area contributed by atoms with Gasteiger partial charge in [-0.05, 0) is 19.3 Å². The monoisotopic (exact) mass is 809 g/mol. The number of aromatic nitrogens is 1. The van der Waals surface area contributed by atoms with Crippen molar-refractivity contribution in [2.75, 3.05) is 0 Å². The SMILES string of the molecule is CCCCCCCCCCCCCCCCCC(CCCCCCCCCCCCCCCCC)(CCCCCCCCCCCCCCCCC)[n+]1ccccc1. The van der Waals surface area contributed by atoms with E-state index in [0.29, 0.717) is 5.54 Å².